The van der Waals surface area contributed by atoms with E-state index in [4.69, 9.17) is 10.5 Å². The fourth-order valence-electron chi connectivity index (χ4n) is 4.51. The zero-order valence-electron chi connectivity index (χ0n) is 18.4. The van der Waals surface area contributed by atoms with Crippen LogP contribution in [0.15, 0.2) is 48.5 Å². The third-order valence-electron chi connectivity index (χ3n) is 6.44. The summed E-state index contributed by atoms with van der Waals surface area (Å²) in [5, 5.41) is 2.99. The zero-order valence-corrected chi connectivity index (χ0v) is 18.4. The highest BCUT2D eigenvalue weighted by Gasteiger charge is 2.56. The predicted octanol–water partition coefficient (Wildman–Crippen LogP) is 3.95. The van der Waals surface area contributed by atoms with E-state index in [1.165, 1.54) is 18.1 Å². The Morgan fingerprint density at radius 3 is 2.55 bits per heavy atom. The summed E-state index contributed by atoms with van der Waals surface area (Å²) in [7, 11) is 0. The molecule has 2 atom stereocenters. The number of amides is 2. The number of carbonyl (C=O) groups is 2. The van der Waals surface area contributed by atoms with Crippen LogP contribution in [0.5, 0.6) is 0 Å². The first kappa shape index (κ1) is 21.2. The lowest BCUT2D eigenvalue weighted by Gasteiger charge is -2.28. The molecule has 31 heavy (non-hydrogen) atoms. The molecule has 3 N–H and O–H groups in total. The van der Waals surface area contributed by atoms with Gasteiger partial charge in [-0.1, -0.05) is 50.2 Å². The summed E-state index contributed by atoms with van der Waals surface area (Å²) in [5.41, 5.74) is 9.67. The average Bonchev–Trinajstić information content (AvgIpc) is 3.45. The summed E-state index contributed by atoms with van der Waals surface area (Å²) in [5.74, 6) is 0.291. The molecule has 0 bridgehead atoms. The Bertz CT molecular complexity index is 966. The smallest absolute Gasteiger partial charge is 0.411 e. The van der Waals surface area contributed by atoms with Gasteiger partial charge < -0.3 is 15.8 Å². The first-order chi connectivity index (χ1) is 14.8. The summed E-state index contributed by atoms with van der Waals surface area (Å²) in [6.45, 7) is 6.30. The number of nitrogens with zero attached hydrogens (tertiary/aromatic N) is 1. The van der Waals surface area contributed by atoms with Crippen molar-refractivity contribution in [3.05, 3.63) is 65.2 Å². The minimum Gasteiger partial charge on any atom is -0.442 e. The lowest BCUT2D eigenvalue weighted by atomic mass is 9.95. The number of benzene rings is 2. The predicted molar refractivity (Wildman–Crippen MR) is 121 cm³/mol. The van der Waals surface area contributed by atoms with Crippen molar-refractivity contribution in [2.45, 2.75) is 63.6 Å². The third-order valence-corrected chi connectivity index (χ3v) is 6.44. The molecule has 1 unspecified atom stereocenters. The summed E-state index contributed by atoms with van der Waals surface area (Å²) in [6.07, 6.45) is 1.73. The number of nitrogen functional groups attached to an aromatic ring is 1. The van der Waals surface area contributed by atoms with E-state index < -0.39 is 6.10 Å². The fraction of sp³-hybridized carbons (Fsp3) is 0.440. The van der Waals surface area contributed by atoms with Crippen LogP contribution in [-0.4, -0.2) is 35.6 Å². The molecule has 2 aromatic carbocycles. The second-order valence-corrected chi connectivity index (χ2v) is 9.10. The minimum atomic E-state index is -0.403. The summed E-state index contributed by atoms with van der Waals surface area (Å²) < 4.78 is 5.81. The molecule has 6 heteroatoms. The molecule has 1 aliphatic carbocycles. The number of hydrogen-bond donors (Lipinski definition) is 2. The molecule has 1 saturated heterocycles. The van der Waals surface area contributed by atoms with Gasteiger partial charge in [0.25, 0.3) is 0 Å². The second kappa shape index (κ2) is 8.25. The zero-order chi connectivity index (χ0) is 22.2. The standard InChI is InChI=1S/C25H31N3O3/c1-16(2)19-5-4-6-20(14-19)25(11-12-25)28-15-23(31-24(28)30)22(27-17(3)29)13-18-7-9-21(26)10-8-18/h4-10,14,16,22-23H,11-13,15,26H2,1-3H3,(H,27,29)/t22-,23?/m0/s1. The van der Waals surface area contributed by atoms with E-state index in [-0.39, 0.29) is 23.6 Å². The van der Waals surface area contributed by atoms with Gasteiger partial charge in [-0.15, -0.1) is 0 Å². The number of carbonyl (C=O) groups excluding carboxylic acids is 2. The highest BCUT2D eigenvalue weighted by Crippen LogP contribution is 2.53. The van der Waals surface area contributed by atoms with Gasteiger partial charge in [-0.25, -0.2) is 4.79 Å². The molecular formula is C25H31N3O3. The van der Waals surface area contributed by atoms with Gasteiger partial charge in [-0.3, -0.25) is 9.69 Å². The van der Waals surface area contributed by atoms with Crippen molar-refractivity contribution < 1.29 is 14.3 Å². The number of rotatable bonds is 7. The number of hydrogen-bond acceptors (Lipinski definition) is 4. The Morgan fingerprint density at radius 2 is 1.94 bits per heavy atom. The van der Waals surface area contributed by atoms with Crippen LogP contribution >= 0.6 is 0 Å². The van der Waals surface area contributed by atoms with Crippen LogP contribution < -0.4 is 11.1 Å². The van der Waals surface area contributed by atoms with Crippen LogP contribution in [0.4, 0.5) is 10.5 Å². The first-order valence-corrected chi connectivity index (χ1v) is 11.0. The monoisotopic (exact) mass is 421 g/mol. The summed E-state index contributed by atoms with van der Waals surface area (Å²) in [6, 6.07) is 15.8. The Kier molecular flexibility index (Phi) is 5.65. The Labute approximate surface area is 183 Å². The van der Waals surface area contributed by atoms with Gasteiger partial charge >= 0.3 is 6.09 Å². The van der Waals surface area contributed by atoms with E-state index >= 15 is 0 Å². The van der Waals surface area contributed by atoms with Gasteiger partial charge in [0.15, 0.2) is 0 Å². The maximum atomic E-state index is 12.9. The van der Waals surface area contributed by atoms with Gasteiger partial charge in [-0.05, 0) is 54.0 Å². The molecule has 1 aliphatic heterocycles. The molecule has 2 fully saturated rings. The third kappa shape index (κ3) is 4.38. The van der Waals surface area contributed by atoms with Crippen molar-refractivity contribution in [3.63, 3.8) is 0 Å². The molecule has 0 spiro atoms. The van der Waals surface area contributed by atoms with Crippen LogP contribution in [0, 0.1) is 0 Å². The number of anilines is 1. The SMILES string of the molecule is CC(=O)N[C@@H](Cc1ccc(N)cc1)C1CN(C2(c3cccc(C(C)C)c3)CC2)C(=O)O1. The van der Waals surface area contributed by atoms with E-state index in [1.54, 1.807) is 0 Å². The maximum absolute atomic E-state index is 12.9. The molecule has 6 nitrogen and oxygen atoms in total. The van der Waals surface area contributed by atoms with Crippen LogP contribution in [0.3, 0.4) is 0 Å². The lowest BCUT2D eigenvalue weighted by molar-refractivity contribution is -0.120. The first-order valence-electron chi connectivity index (χ1n) is 11.0. The highest BCUT2D eigenvalue weighted by molar-refractivity contribution is 5.75. The number of nitrogens with one attached hydrogen (secondary N) is 1. The fourth-order valence-corrected chi connectivity index (χ4v) is 4.51. The van der Waals surface area contributed by atoms with E-state index in [1.807, 2.05) is 29.2 Å². The van der Waals surface area contributed by atoms with Crippen molar-refractivity contribution in [1.82, 2.24) is 10.2 Å². The van der Waals surface area contributed by atoms with Gasteiger partial charge in [0.1, 0.15) is 6.10 Å². The van der Waals surface area contributed by atoms with Gasteiger partial charge in [0, 0.05) is 12.6 Å². The van der Waals surface area contributed by atoms with Gasteiger partial charge in [-0.2, -0.15) is 0 Å². The van der Waals surface area contributed by atoms with Crippen LogP contribution in [0.25, 0.3) is 0 Å². The van der Waals surface area contributed by atoms with Crippen LogP contribution in [0.2, 0.25) is 0 Å². The molecule has 0 radical (unpaired) electrons. The Hall–Kier alpha value is -3.02. The largest absolute Gasteiger partial charge is 0.442 e. The Morgan fingerprint density at radius 1 is 1.23 bits per heavy atom. The number of ether oxygens (including phenoxy) is 1. The van der Waals surface area contributed by atoms with Crippen molar-refractivity contribution in [1.29, 1.82) is 0 Å². The number of cyclic esters (lactones) is 1. The number of nitrogens with two attached hydrogens (primary N) is 1. The van der Waals surface area contributed by atoms with Crippen molar-refractivity contribution in [2.75, 3.05) is 12.3 Å². The van der Waals surface area contributed by atoms with Crippen LogP contribution in [0.1, 0.15) is 56.2 Å². The molecule has 2 amide bonds. The summed E-state index contributed by atoms with van der Waals surface area (Å²) in [4.78, 5) is 26.7. The molecule has 2 aromatic rings. The molecular weight excluding hydrogens is 390 g/mol. The highest BCUT2D eigenvalue weighted by atomic mass is 16.6. The molecule has 4 rings (SSSR count). The maximum Gasteiger partial charge on any atom is 0.411 e. The van der Waals surface area contributed by atoms with E-state index in [0.717, 1.165) is 18.4 Å². The van der Waals surface area contributed by atoms with E-state index in [9.17, 15) is 9.59 Å². The molecule has 1 saturated carbocycles. The van der Waals surface area contributed by atoms with Gasteiger partial charge in [0.2, 0.25) is 5.91 Å². The van der Waals surface area contributed by atoms with E-state index in [2.05, 4.69) is 43.4 Å². The topological polar surface area (TPSA) is 84.7 Å². The second-order valence-electron chi connectivity index (χ2n) is 9.10. The van der Waals surface area contributed by atoms with Gasteiger partial charge in [0.05, 0.1) is 18.1 Å². The average molecular weight is 422 g/mol. The lowest BCUT2D eigenvalue weighted by Crippen LogP contribution is -2.46. The molecule has 0 aromatic heterocycles. The van der Waals surface area contributed by atoms with E-state index in [0.29, 0.717) is 24.6 Å². The van der Waals surface area contributed by atoms with Crippen molar-refractivity contribution in [3.8, 4) is 0 Å². The molecule has 2 aliphatic rings. The van der Waals surface area contributed by atoms with Crippen molar-refractivity contribution in [2.24, 2.45) is 0 Å². The van der Waals surface area contributed by atoms with Crippen LogP contribution in [-0.2, 0) is 21.5 Å². The molecule has 164 valence electrons. The summed E-state index contributed by atoms with van der Waals surface area (Å²) >= 11 is 0. The Balaban J connectivity index is 1.54. The minimum absolute atomic E-state index is 0.138. The van der Waals surface area contributed by atoms with Crippen molar-refractivity contribution >= 4 is 17.7 Å². The molecule has 1 heterocycles. The normalized spacial score (nSPS) is 20.5. The quantitative estimate of drug-likeness (QED) is 0.663.